The Morgan fingerprint density at radius 3 is 2.67 bits per heavy atom. The predicted octanol–water partition coefficient (Wildman–Crippen LogP) is 3.78. The maximum atomic E-state index is 13.3. The molecule has 3 unspecified atom stereocenters. The highest BCUT2D eigenvalue weighted by molar-refractivity contribution is 7.09. The zero-order valence-electron chi connectivity index (χ0n) is 16.7. The van der Waals surface area contributed by atoms with Gasteiger partial charge < -0.3 is 10.4 Å². The van der Waals surface area contributed by atoms with Crippen molar-refractivity contribution in [3.8, 4) is 0 Å². The summed E-state index contributed by atoms with van der Waals surface area (Å²) in [7, 11) is 0. The van der Waals surface area contributed by atoms with Crippen molar-refractivity contribution < 1.29 is 14.3 Å². The number of piperidine rings is 1. The van der Waals surface area contributed by atoms with Gasteiger partial charge in [0, 0.05) is 23.7 Å². The molecule has 4 rings (SSSR count). The zero-order valence-corrected chi connectivity index (χ0v) is 17.5. The van der Waals surface area contributed by atoms with E-state index in [1.54, 1.807) is 24.5 Å². The number of amides is 1. The molecular formula is C23H24FN3O2S. The first kappa shape index (κ1) is 20.7. The van der Waals surface area contributed by atoms with Crippen molar-refractivity contribution in [1.29, 1.82) is 0 Å². The second-order valence-electron chi connectivity index (χ2n) is 7.82. The zero-order chi connectivity index (χ0) is 21.1. The fourth-order valence-corrected chi connectivity index (χ4v) is 4.65. The lowest BCUT2D eigenvalue weighted by atomic mass is 9.79. The van der Waals surface area contributed by atoms with Gasteiger partial charge in [-0.1, -0.05) is 30.3 Å². The van der Waals surface area contributed by atoms with Crippen LogP contribution in [-0.2, 0) is 6.54 Å². The lowest BCUT2D eigenvalue weighted by Crippen LogP contribution is -2.62. The van der Waals surface area contributed by atoms with Gasteiger partial charge in [0.25, 0.3) is 5.91 Å². The predicted molar refractivity (Wildman–Crippen MR) is 115 cm³/mol. The fraction of sp³-hybridized carbons (Fsp3) is 0.304. The molecular weight excluding hydrogens is 401 g/mol. The lowest BCUT2D eigenvalue weighted by Gasteiger charge is -2.49. The molecule has 1 saturated heterocycles. The van der Waals surface area contributed by atoms with E-state index < -0.39 is 17.5 Å². The SMILES string of the molecule is CC1(O)CCN(Cc2nccs2)C(c2ccccc2)C1NC(=O)c1ccc(F)cc1. The van der Waals surface area contributed by atoms with Gasteiger partial charge >= 0.3 is 0 Å². The normalized spacial score (nSPS) is 24.5. The van der Waals surface area contributed by atoms with Crippen LogP contribution in [0.1, 0.15) is 40.3 Å². The summed E-state index contributed by atoms with van der Waals surface area (Å²) >= 11 is 1.59. The Hall–Kier alpha value is -2.61. The maximum Gasteiger partial charge on any atom is 0.251 e. The Bertz CT molecular complexity index is 977. The number of likely N-dealkylation sites (tertiary alicyclic amines) is 1. The molecule has 2 N–H and O–H groups in total. The van der Waals surface area contributed by atoms with Crippen LogP contribution in [0.25, 0.3) is 0 Å². The highest BCUT2D eigenvalue weighted by Crippen LogP contribution is 2.38. The van der Waals surface area contributed by atoms with E-state index in [4.69, 9.17) is 0 Å². The first-order chi connectivity index (χ1) is 14.4. The Labute approximate surface area is 179 Å². The molecule has 5 nitrogen and oxygen atoms in total. The van der Waals surface area contributed by atoms with Crippen LogP contribution in [0, 0.1) is 5.82 Å². The van der Waals surface area contributed by atoms with Gasteiger partial charge in [-0.2, -0.15) is 0 Å². The maximum absolute atomic E-state index is 13.3. The van der Waals surface area contributed by atoms with Gasteiger partial charge in [0.15, 0.2) is 0 Å². The van der Waals surface area contributed by atoms with E-state index in [-0.39, 0.29) is 11.9 Å². The highest BCUT2D eigenvalue weighted by atomic mass is 32.1. The Morgan fingerprint density at radius 1 is 1.27 bits per heavy atom. The summed E-state index contributed by atoms with van der Waals surface area (Å²) in [6, 6.07) is 14.5. The number of aromatic nitrogens is 1. The van der Waals surface area contributed by atoms with Gasteiger partial charge in [0.1, 0.15) is 10.8 Å². The van der Waals surface area contributed by atoms with Crippen LogP contribution in [0.5, 0.6) is 0 Å². The molecule has 7 heteroatoms. The van der Waals surface area contributed by atoms with Gasteiger partial charge in [0.05, 0.1) is 24.2 Å². The van der Waals surface area contributed by atoms with Crippen LogP contribution in [0.2, 0.25) is 0 Å². The van der Waals surface area contributed by atoms with Crippen LogP contribution in [0.15, 0.2) is 66.2 Å². The van der Waals surface area contributed by atoms with E-state index in [1.165, 1.54) is 24.3 Å². The van der Waals surface area contributed by atoms with Crippen LogP contribution in [-0.4, -0.2) is 39.1 Å². The number of nitrogens with zero attached hydrogens (tertiary/aromatic N) is 2. The molecule has 3 atom stereocenters. The second-order valence-corrected chi connectivity index (χ2v) is 8.80. The summed E-state index contributed by atoms with van der Waals surface area (Å²) < 4.78 is 13.3. The van der Waals surface area contributed by atoms with Crippen LogP contribution in [0.4, 0.5) is 4.39 Å². The Balaban J connectivity index is 1.67. The Kier molecular flexibility index (Phi) is 5.94. The molecule has 2 heterocycles. The minimum absolute atomic E-state index is 0.233. The monoisotopic (exact) mass is 425 g/mol. The van der Waals surface area contributed by atoms with Crippen molar-refractivity contribution >= 4 is 17.2 Å². The molecule has 1 amide bonds. The molecule has 1 aliphatic rings. The smallest absolute Gasteiger partial charge is 0.251 e. The van der Waals surface area contributed by atoms with Crippen LogP contribution in [0.3, 0.4) is 0 Å². The first-order valence-electron chi connectivity index (χ1n) is 9.90. The summed E-state index contributed by atoms with van der Waals surface area (Å²) in [5, 5.41) is 17.2. The number of carbonyl (C=O) groups excluding carboxylic acids is 1. The minimum atomic E-state index is -1.10. The van der Waals surface area contributed by atoms with E-state index in [1.807, 2.05) is 35.7 Å². The molecule has 0 radical (unpaired) electrons. The van der Waals surface area contributed by atoms with E-state index in [0.29, 0.717) is 25.1 Å². The van der Waals surface area contributed by atoms with Crippen molar-refractivity contribution in [1.82, 2.24) is 15.2 Å². The van der Waals surface area contributed by atoms with E-state index in [2.05, 4.69) is 15.2 Å². The molecule has 30 heavy (non-hydrogen) atoms. The van der Waals surface area contributed by atoms with Crippen molar-refractivity contribution in [3.05, 3.63) is 88.1 Å². The molecule has 0 saturated carbocycles. The summed E-state index contributed by atoms with van der Waals surface area (Å²) in [5.41, 5.74) is 0.268. The summed E-state index contributed by atoms with van der Waals surface area (Å²) in [6.45, 7) is 3.07. The summed E-state index contributed by atoms with van der Waals surface area (Å²) in [6.07, 6.45) is 2.29. The molecule has 3 aromatic rings. The number of thiazole rings is 1. The fourth-order valence-electron chi connectivity index (χ4n) is 4.01. The average Bonchev–Trinajstić information content (AvgIpc) is 3.25. The quantitative estimate of drug-likeness (QED) is 0.653. The first-order valence-corrected chi connectivity index (χ1v) is 10.8. The third-order valence-electron chi connectivity index (χ3n) is 5.64. The molecule has 1 aliphatic heterocycles. The number of rotatable bonds is 5. The standard InChI is InChI=1S/C23H24FN3O2S/c1-23(29)11-13-27(15-19-25-12-14-30-19)20(16-5-3-2-4-6-16)21(23)26-22(28)17-7-9-18(24)10-8-17/h2-10,12,14,20-21,29H,11,13,15H2,1H3,(H,26,28). The lowest BCUT2D eigenvalue weighted by molar-refractivity contribution is -0.0665. The molecule has 156 valence electrons. The van der Waals surface area contributed by atoms with E-state index in [0.717, 1.165) is 10.6 Å². The van der Waals surface area contributed by atoms with Crippen LogP contribution >= 0.6 is 11.3 Å². The molecule has 0 bridgehead atoms. The highest BCUT2D eigenvalue weighted by Gasteiger charge is 2.46. The third kappa shape index (κ3) is 4.43. The van der Waals surface area contributed by atoms with Crippen molar-refractivity contribution in [2.75, 3.05) is 6.54 Å². The molecule has 1 aromatic heterocycles. The van der Waals surface area contributed by atoms with Gasteiger partial charge in [0.2, 0.25) is 0 Å². The molecule has 0 aliphatic carbocycles. The van der Waals surface area contributed by atoms with Gasteiger partial charge in [-0.15, -0.1) is 11.3 Å². The van der Waals surface area contributed by atoms with Gasteiger partial charge in [-0.25, -0.2) is 9.37 Å². The number of hydrogen-bond acceptors (Lipinski definition) is 5. The largest absolute Gasteiger partial charge is 0.388 e. The number of nitrogens with one attached hydrogen (secondary N) is 1. The van der Waals surface area contributed by atoms with E-state index >= 15 is 0 Å². The van der Waals surface area contributed by atoms with E-state index in [9.17, 15) is 14.3 Å². The number of hydrogen-bond donors (Lipinski definition) is 2. The number of halogens is 1. The van der Waals surface area contributed by atoms with Crippen molar-refractivity contribution in [2.24, 2.45) is 0 Å². The number of benzene rings is 2. The summed E-state index contributed by atoms with van der Waals surface area (Å²) in [4.78, 5) is 19.6. The average molecular weight is 426 g/mol. The second kappa shape index (κ2) is 8.63. The van der Waals surface area contributed by atoms with Crippen molar-refractivity contribution in [2.45, 2.75) is 37.6 Å². The minimum Gasteiger partial charge on any atom is -0.388 e. The van der Waals surface area contributed by atoms with Crippen molar-refractivity contribution in [3.63, 3.8) is 0 Å². The van der Waals surface area contributed by atoms with Gasteiger partial charge in [-0.3, -0.25) is 9.69 Å². The van der Waals surface area contributed by atoms with Crippen LogP contribution < -0.4 is 5.32 Å². The van der Waals surface area contributed by atoms with Gasteiger partial charge in [-0.05, 0) is 43.2 Å². The third-order valence-corrected chi connectivity index (χ3v) is 6.40. The molecule has 2 aromatic carbocycles. The Morgan fingerprint density at radius 2 is 2.00 bits per heavy atom. The molecule has 1 fully saturated rings. The molecule has 0 spiro atoms. The number of aliphatic hydroxyl groups is 1. The number of carbonyl (C=O) groups is 1. The topological polar surface area (TPSA) is 65.5 Å². The summed E-state index contributed by atoms with van der Waals surface area (Å²) in [5.74, 6) is -0.731.